The van der Waals surface area contributed by atoms with Crippen LogP contribution in [0.25, 0.3) is 0 Å². The Balaban J connectivity index is 2.15. The van der Waals surface area contributed by atoms with Gasteiger partial charge in [-0.05, 0) is 50.9 Å². The van der Waals surface area contributed by atoms with Crippen molar-refractivity contribution in [3.05, 3.63) is 0 Å². The minimum Gasteiger partial charge on any atom is -0.330 e. The lowest BCUT2D eigenvalue weighted by molar-refractivity contribution is 0.228. The van der Waals surface area contributed by atoms with Crippen LogP contribution in [0.2, 0.25) is 0 Å². The Morgan fingerprint density at radius 3 is 2.67 bits per heavy atom. The van der Waals surface area contributed by atoms with Gasteiger partial charge in [0.1, 0.15) is 0 Å². The molecule has 2 N–H and O–H groups in total. The van der Waals surface area contributed by atoms with Crippen molar-refractivity contribution < 1.29 is 0 Å². The third-order valence-electron chi connectivity index (χ3n) is 2.53. The molecule has 72 valence electrons. The van der Waals surface area contributed by atoms with E-state index in [2.05, 4.69) is 23.7 Å². The molecule has 1 aliphatic rings. The summed E-state index contributed by atoms with van der Waals surface area (Å²) in [6.07, 6.45) is 3.87. The van der Waals surface area contributed by atoms with E-state index >= 15 is 0 Å². The maximum Gasteiger partial charge on any atom is 0.0108 e. The van der Waals surface area contributed by atoms with Crippen molar-refractivity contribution in [2.24, 2.45) is 5.73 Å². The molecule has 0 radical (unpaired) electrons. The summed E-state index contributed by atoms with van der Waals surface area (Å²) < 4.78 is 0. The Morgan fingerprint density at radius 2 is 2.08 bits per heavy atom. The van der Waals surface area contributed by atoms with Crippen molar-refractivity contribution in [2.75, 3.05) is 31.6 Å². The van der Waals surface area contributed by atoms with Crippen molar-refractivity contribution in [3.63, 3.8) is 0 Å². The maximum atomic E-state index is 5.48. The molecule has 0 aliphatic carbocycles. The summed E-state index contributed by atoms with van der Waals surface area (Å²) in [5, 5.41) is 0. The number of rotatable bonds is 4. The molecule has 3 heteroatoms. The van der Waals surface area contributed by atoms with Gasteiger partial charge in [-0.2, -0.15) is 11.8 Å². The second-order valence-corrected chi connectivity index (χ2v) is 4.69. The summed E-state index contributed by atoms with van der Waals surface area (Å²) >= 11 is 2.09. The quantitative estimate of drug-likeness (QED) is 0.718. The molecule has 0 atom stereocenters. The fourth-order valence-corrected chi connectivity index (χ4v) is 2.73. The Bertz CT molecular complexity index is 113. The van der Waals surface area contributed by atoms with Gasteiger partial charge in [0, 0.05) is 6.04 Å². The van der Waals surface area contributed by atoms with Crippen LogP contribution >= 0.6 is 11.8 Å². The van der Waals surface area contributed by atoms with Crippen LogP contribution in [0.5, 0.6) is 0 Å². The van der Waals surface area contributed by atoms with E-state index in [4.69, 9.17) is 5.73 Å². The molecule has 0 aromatic heterocycles. The van der Waals surface area contributed by atoms with E-state index in [-0.39, 0.29) is 0 Å². The Kier molecular flexibility index (Phi) is 5.04. The highest BCUT2D eigenvalue weighted by Crippen LogP contribution is 2.20. The molecule has 1 rings (SSSR count). The van der Waals surface area contributed by atoms with Crippen LogP contribution in [-0.2, 0) is 0 Å². The van der Waals surface area contributed by atoms with Crippen LogP contribution in [0.4, 0.5) is 0 Å². The summed E-state index contributed by atoms with van der Waals surface area (Å²) in [6.45, 7) is 2.00. The van der Waals surface area contributed by atoms with Crippen LogP contribution in [0.3, 0.4) is 0 Å². The molecule has 0 saturated carbocycles. The lowest BCUT2D eigenvalue weighted by Gasteiger charge is -2.30. The average molecular weight is 188 g/mol. The molecule has 2 nitrogen and oxygen atoms in total. The molecule has 0 aromatic rings. The molecule has 0 bridgehead atoms. The van der Waals surface area contributed by atoms with Gasteiger partial charge in [0.2, 0.25) is 0 Å². The van der Waals surface area contributed by atoms with Crippen LogP contribution in [0, 0.1) is 0 Å². The average Bonchev–Trinajstić information content (AvgIpc) is 2.15. The van der Waals surface area contributed by atoms with Crippen LogP contribution < -0.4 is 5.73 Å². The normalized spacial score (nSPS) is 20.2. The molecular weight excluding hydrogens is 168 g/mol. The minimum absolute atomic E-state index is 0.825. The Hall–Kier alpha value is 0.270. The van der Waals surface area contributed by atoms with Gasteiger partial charge in [0.15, 0.2) is 0 Å². The highest BCUT2D eigenvalue weighted by molar-refractivity contribution is 7.99. The van der Waals surface area contributed by atoms with Crippen molar-refractivity contribution >= 4 is 11.8 Å². The smallest absolute Gasteiger partial charge is 0.0108 e. The largest absolute Gasteiger partial charge is 0.330 e. The third-order valence-corrected chi connectivity index (χ3v) is 3.58. The molecule has 0 spiro atoms. The summed E-state index contributed by atoms with van der Waals surface area (Å²) in [6, 6.07) is 0.831. The van der Waals surface area contributed by atoms with Gasteiger partial charge < -0.3 is 10.6 Å². The number of nitrogens with zero attached hydrogens (tertiary/aromatic N) is 1. The van der Waals surface area contributed by atoms with Crippen molar-refractivity contribution in [1.82, 2.24) is 4.90 Å². The van der Waals surface area contributed by atoms with Gasteiger partial charge in [-0.15, -0.1) is 0 Å². The zero-order valence-corrected chi connectivity index (χ0v) is 8.78. The summed E-state index contributed by atoms with van der Waals surface area (Å²) in [4.78, 5) is 2.48. The SMILES string of the molecule is CN(CCCN)C1CCSCC1. The molecule has 0 unspecified atom stereocenters. The van der Waals surface area contributed by atoms with Crippen molar-refractivity contribution in [1.29, 1.82) is 0 Å². The number of nitrogens with two attached hydrogens (primary N) is 1. The van der Waals surface area contributed by atoms with E-state index in [0.29, 0.717) is 0 Å². The highest BCUT2D eigenvalue weighted by atomic mass is 32.2. The van der Waals surface area contributed by atoms with E-state index in [1.165, 1.54) is 30.9 Å². The molecule has 1 fully saturated rings. The molecule has 1 saturated heterocycles. The predicted octanol–water partition coefficient (Wildman–Crippen LogP) is 1.16. The summed E-state index contributed by atoms with van der Waals surface area (Å²) in [5.41, 5.74) is 5.48. The first kappa shape index (κ1) is 10.4. The third kappa shape index (κ3) is 3.33. The van der Waals surface area contributed by atoms with Crippen molar-refractivity contribution in [2.45, 2.75) is 25.3 Å². The first-order valence-corrected chi connectivity index (χ1v) is 5.98. The number of hydrogen-bond acceptors (Lipinski definition) is 3. The topological polar surface area (TPSA) is 29.3 Å². The lowest BCUT2D eigenvalue weighted by atomic mass is 10.1. The van der Waals surface area contributed by atoms with Gasteiger partial charge in [-0.3, -0.25) is 0 Å². The second-order valence-electron chi connectivity index (χ2n) is 3.47. The van der Waals surface area contributed by atoms with E-state index in [0.717, 1.165) is 19.0 Å². The van der Waals surface area contributed by atoms with Gasteiger partial charge in [-0.1, -0.05) is 0 Å². The Morgan fingerprint density at radius 1 is 1.42 bits per heavy atom. The van der Waals surface area contributed by atoms with E-state index in [1.54, 1.807) is 0 Å². The van der Waals surface area contributed by atoms with Crippen LogP contribution in [-0.4, -0.2) is 42.6 Å². The zero-order chi connectivity index (χ0) is 8.81. The first-order chi connectivity index (χ1) is 5.84. The molecule has 12 heavy (non-hydrogen) atoms. The molecule has 1 aliphatic heterocycles. The molecule has 0 aromatic carbocycles. The zero-order valence-electron chi connectivity index (χ0n) is 7.96. The second kappa shape index (κ2) is 5.84. The molecular formula is C9H20N2S. The molecule has 0 amide bonds. The first-order valence-electron chi connectivity index (χ1n) is 4.82. The Labute approximate surface area is 79.9 Å². The van der Waals surface area contributed by atoms with E-state index < -0.39 is 0 Å². The minimum atomic E-state index is 0.825. The van der Waals surface area contributed by atoms with Crippen LogP contribution in [0.15, 0.2) is 0 Å². The van der Waals surface area contributed by atoms with Gasteiger partial charge in [0.05, 0.1) is 0 Å². The van der Waals surface area contributed by atoms with Crippen molar-refractivity contribution in [3.8, 4) is 0 Å². The maximum absolute atomic E-state index is 5.48. The summed E-state index contributed by atoms with van der Waals surface area (Å²) in [5.74, 6) is 2.69. The summed E-state index contributed by atoms with van der Waals surface area (Å²) in [7, 11) is 2.23. The fourth-order valence-electron chi connectivity index (χ4n) is 1.65. The van der Waals surface area contributed by atoms with Gasteiger partial charge in [-0.25, -0.2) is 0 Å². The molecule has 1 heterocycles. The van der Waals surface area contributed by atoms with Gasteiger partial charge in [0.25, 0.3) is 0 Å². The standard InChI is InChI=1S/C9H20N2S/c1-11(6-2-5-10)9-3-7-12-8-4-9/h9H,2-8,10H2,1H3. The monoisotopic (exact) mass is 188 g/mol. The highest BCUT2D eigenvalue weighted by Gasteiger charge is 2.17. The van der Waals surface area contributed by atoms with E-state index in [9.17, 15) is 0 Å². The number of hydrogen-bond donors (Lipinski definition) is 1. The number of thioether (sulfide) groups is 1. The lowest BCUT2D eigenvalue weighted by Crippen LogP contribution is -2.36. The fraction of sp³-hybridized carbons (Fsp3) is 1.00. The van der Waals surface area contributed by atoms with Crippen LogP contribution in [0.1, 0.15) is 19.3 Å². The predicted molar refractivity (Wildman–Crippen MR) is 56.6 cm³/mol. The van der Waals surface area contributed by atoms with E-state index in [1.807, 2.05) is 0 Å². The van der Waals surface area contributed by atoms with Gasteiger partial charge >= 0.3 is 0 Å².